The van der Waals surface area contributed by atoms with Crippen LogP contribution in [0.1, 0.15) is 36.9 Å². The monoisotopic (exact) mass is 531 g/mol. The predicted molar refractivity (Wildman–Crippen MR) is 137 cm³/mol. The zero-order valence-electron chi connectivity index (χ0n) is 18.0. The van der Waals surface area contributed by atoms with Crippen molar-refractivity contribution in [1.82, 2.24) is 25.8 Å². The smallest absolute Gasteiger partial charge is 0.191 e. The number of aromatic nitrogens is 3. The third-order valence-electron chi connectivity index (χ3n) is 5.49. The van der Waals surface area contributed by atoms with Crippen molar-refractivity contribution in [2.75, 3.05) is 25.0 Å². The molecule has 0 saturated carbocycles. The molecule has 1 aromatic heterocycles. The van der Waals surface area contributed by atoms with Gasteiger partial charge in [0.2, 0.25) is 0 Å². The number of aromatic amines is 1. The predicted octanol–water partition coefficient (Wildman–Crippen LogP) is 4.12. The molecule has 3 aromatic rings. The summed E-state index contributed by atoms with van der Waals surface area (Å²) in [5, 5.41) is 13.7. The highest BCUT2D eigenvalue weighted by Gasteiger charge is 2.14. The van der Waals surface area contributed by atoms with Gasteiger partial charge in [-0.1, -0.05) is 30.3 Å². The summed E-state index contributed by atoms with van der Waals surface area (Å²) in [5.41, 5.74) is 4.73. The number of nitrogens with one attached hydrogen (secondary N) is 3. The Hall–Kier alpha value is -2.62. The molecule has 8 heteroatoms. The first-order valence-corrected chi connectivity index (χ1v) is 10.5. The second-order valence-electron chi connectivity index (χ2n) is 7.62. The highest BCUT2D eigenvalue weighted by Crippen LogP contribution is 2.24. The average Bonchev–Trinajstić information content (AvgIpc) is 3.51. The molecular weight excluding hydrogens is 501 g/mol. The Morgan fingerprint density at radius 3 is 2.71 bits per heavy atom. The van der Waals surface area contributed by atoms with Gasteiger partial charge in [-0.2, -0.15) is 5.10 Å². The van der Waals surface area contributed by atoms with Gasteiger partial charge in [0.15, 0.2) is 11.8 Å². The van der Waals surface area contributed by atoms with E-state index in [-0.39, 0.29) is 30.0 Å². The Kier molecular flexibility index (Phi) is 8.27. The number of anilines is 1. The van der Waals surface area contributed by atoms with Crippen LogP contribution in [0.15, 0.2) is 59.9 Å². The largest absolute Gasteiger partial charge is 0.372 e. The van der Waals surface area contributed by atoms with Crippen molar-refractivity contribution in [3.63, 3.8) is 0 Å². The lowest BCUT2D eigenvalue weighted by Gasteiger charge is -2.22. The molecule has 1 atom stereocenters. The van der Waals surface area contributed by atoms with Gasteiger partial charge in [0, 0.05) is 37.9 Å². The number of hydrogen-bond acceptors (Lipinski definition) is 4. The van der Waals surface area contributed by atoms with Crippen LogP contribution >= 0.6 is 24.0 Å². The van der Waals surface area contributed by atoms with Crippen molar-refractivity contribution < 1.29 is 0 Å². The molecule has 1 aliphatic rings. The van der Waals surface area contributed by atoms with Gasteiger partial charge in [0.05, 0.1) is 6.04 Å². The molecule has 1 fully saturated rings. The van der Waals surface area contributed by atoms with Crippen molar-refractivity contribution in [3.05, 3.63) is 66.0 Å². The van der Waals surface area contributed by atoms with Gasteiger partial charge in [-0.3, -0.25) is 10.1 Å². The maximum absolute atomic E-state index is 4.40. The summed E-state index contributed by atoms with van der Waals surface area (Å²) >= 11 is 0. The summed E-state index contributed by atoms with van der Waals surface area (Å²) in [7, 11) is 1.80. The molecule has 1 unspecified atom stereocenters. The van der Waals surface area contributed by atoms with Crippen LogP contribution in [0.3, 0.4) is 0 Å². The van der Waals surface area contributed by atoms with Crippen molar-refractivity contribution in [2.24, 2.45) is 4.99 Å². The van der Waals surface area contributed by atoms with Gasteiger partial charge < -0.3 is 15.5 Å². The number of H-pyrrole nitrogens is 1. The number of rotatable bonds is 6. The molecule has 31 heavy (non-hydrogen) atoms. The lowest BCUT2D eigenvalue weighted by molar-refractivity contribution is 0.685. The van der Waals surface area contributed by atoms with Gasteiger partial charge in [-0.15, -0.1) is 24.0 Å². The van der Waals surface area contributed by atoms with E-state index in [0.717, 1.165) is 36.0 Å². The average molecular weight is 531 g/mol. The molecule has 0 spiro atoms. The van der Waals surface area contributed by atoms with E-state index in [1.54, 1.807) is 7.05 Å². The molecule has 0 bridgehead atoms. The summed E-state index contributed by atoms with van der Waals surface area (Å²) in [4.78, 5) is 11.1. The highest BCUT2D eigenvalue weighted by molar-refractivity contribution is 14.0. The van der Waals surface area contributed by atoms with Crippen LogP contribution in [-0.2, 0) is 6.54 Å². The van der Waals surface area contributed by atoms with Crippen LogP contribution in [-0.4, -0.2) is 41.3 Å². The summed E-state index contributed by atoms with van der Waals surface area (Å²) in [6.45, 7) is 5.14. The fraction of sp³-hybridized carbons (Fsp3) is 0.348. The van der Waals surface area contributed by atoms with Gasteiger partial charge in [-0.05, 0) is 49.1 Å². The zero-order valence-corrected chi connectivity index (χ0v) is 20.3. The van der Waals surface area contributed by atoms with Gasteiger partial charge in [0.1, 0.15) is 6.33 Å². The first-order chi connectivity index (χ1) is 14.7. The Labute approximate surface area is 200 Å². The number of hydrogen-bond donors (Lipinski definition) is 3. The van der Waals surface area contributed by atoms with Crippen molar-refractivity contribution in [1.29, 1.82) is 0 Å². The molecule has 7 nitrogen and oxygen atoms in total. The van der Waals surface area contributed by atoms with Crippen LogP contribution in [0.5, 0.6) is 0 Å². The third kappa shape index (κ3) is 5.96. The SMILES string of the molecule is CN=C(NCc1cccc(-c2ncn[nH]2)c1)NC(C)c1cccc(N2CCCC2)c1.I. The second kappa shape index (κ2) is 11.1. The fourth-order valence-electron chi connectivity index (χ4n) is 3.81. The van der Waals surface area contributed by atoms with E-state index < -0.39 is 0 Å². The van der Waals surface area contributed by atoms with Crippen LogP contribution in [0.2, 0.25) is 0 Å². The van der Waals surface area contributed by atoms with Crippen LogP contribution < -0.4 is 15.5 Å². The quantitative estimate of drug-likeness (QED) is 0.254. The van der Waals surface area contributed by atoms with E-state index in [2.05, 4.69) is 79.0 Å². The molecule has 1 aliphatic heterocycles. The Bertz CT molecular complexity index is 981. The highest BCUT2D eigenvalue weighted by atomic mass is 127. The molecule has 0 aliphatic carbocycles. The minimum Gasteiger partial charge on any atom is -0.372 e. The number of aliphatic imine (C=N–C) groups is 1. The van der Waals surface area contributed by atoms with E-state index >= 15 is 0 Å². The van der Waals surface area contributed by atoms with Gasteiger partial charge in [-0.25, -0.2) is 4.98 Å². The molecule has 2 aromatic carbocycles. The lowest BCUT2D eigenvalue weighted by Crippen LogP contribution is -2.38. The maximum atomic E-state index is 4.40. The molecule has 2 heterocycles. The van der Waals surface area contributed by atoms with Crippen molar-refractivity contribution in [2.45, 2.75) is 32.4 Å². The number of guanidine groups is 1. The third-order valence-corrected chi connectivity index (χ3v) is 5.49. The molecule has 0 radical (unpaired) electrons. The first-order valence-electron chi connectivity index (χ1n) is 10.5. The minimum atomic E-state index is 0. The molecule has 3 N–H and O–H groups in total. The topological polar surface area (TPSA) is 81.2 Å². The molecule has 0 amide bonds. The Morgan fingerprint density at radius 1 is 1.16 bits per heavy atom. The lowest BCUT2D eigenvalue weighted by atomic mass is 10.1. The molecule has 4 rings (SSSR count). The second-order valence-corrected chi connectivity index (χ2v) is 7.62. The van der Waals surface area contributed by atoms with E-state index in [1.165, 1.54) is 30.4 Å². The van der Waals surface area contributed by atoms with Crippen LogP contribution in [0.4, 0.5) is 5.69 Å². The normalized spacial score (nSPS) is 14.8. The van der Waals surface area contributed by atoms with Gasteiger partial charge in [0.25, 0.3) is 0 Å². The van der Waals surface area contributed by atoms with Crippen molar-refractivity contribution in [3.8, 4) is 11.4 Å². The first kappa shape index (κ1) is 23.1. The maximum Gasteiger partial charge on any atom is 0.191 e. The minimum absolute atomic E-state index is 0. The van der Waals surface area contributed by atoms with E-state index in [0.29, 0.717) is 6.54 Å². The summed E-state index contributed by atoms with van der Waals surface area (Å²) in [6.07, 6.45) is 4.09. The number of nitrogens with zero attached hydrogens (tertiary/aromatic N) is 4. The van der Waals surface area contributed by atoms with Crippen molar-refractivity contribution >= 4 is 35.6 Å². The number of benzene rings is 2. The Morgan fingerprint density at radius 2 is 1.97 bits per heavy atom. The standard InChI is InChI=1S/C23H29N7.HI/c1-17(19-8-6-10-21(14-19)30-11-3-4-12-30)28-23(24-2)25-15-18-7-5-9-20(13-18)22-26-16-27-29-22;/h5-10,13-14,16-17H,3-4,11-12,15H2,1-2H3,(H2,24,25,28)(H,26,27,29);1H. The van der Waals surface area contributed by atoms with E-state index in [1.807, 2.05) is 12.1 Å². The molecular formula is C23H30IN7. The van der Waals surface area contributed by atoms with E-state index in [9.17, 15) is 0 Å². The molecule has 1 saturated heterocycles. The summed E-state index contributed by atoms with van der Waals surface area (Å²) in [5.74, 6) is 1.55. The fourth-order valence-corrected chi connectivity index (χ4v) is 3.81. The van der Waals surface area contributed by atoms with Crippen LogP contribution in [0, 0.1) is 0 Å². The van der Waals surface area contributed by atoms with Gasteiger partial charge >= 0.3 is 0 Å². The zero-order chi connectivity index (χ0) is 20.8. The molecule has 164 valence electrons. The Balaban J connectivity index is 0.00000272. The number of halogens is 1. The van der Waals surface area contributed by atoms with Crippen LogP contribution in [0.25, 0.3) is 11.4 Å². The summed E-state index contributed by atoms with van der Waals surface area (Å²) in [6, 6.07) is 17.2. The van der Waals surface area contributed by atoms with E-state index in [4.69, 9.17) is 0 Å². The summed E-state index contributed by atoms with van der Waals surface area (Å²) < 4.78 is 0.